The quantitative estimate of drug-likeness (QED) is 0.885. The second-order valence-corrected chi connectivity index (χ2v) is 7.08. The Morgan fingerprint density at radius 2 is 1.62 bits per heavy atom. The van der Waals surface area contributed by atoms with Crippen LogP contribution in [0.1, 0.15) is 19.3 Å². The third kappa shape index (κ3) is 2.52. The van der Waals surface area contributed by atoms with Gasteiger partial charge in [-0.15, -0.1) is 0 Å². The summed E-state index contributed by atoms with van der Waals surface area (Å²) < 4.78 is 0. The van der Waals surface area contributed by atoms with Crippen LogP contribution in [0.2, 0.25) is 0 Å². The van der Waals surface area contributed by atoms with Gasteiger partial charge in [0.2, 0.25) is 11.9 Å². The number of aromatic nitrogens is 2. The second-order valence-electron chi connectivity index (χ2n) is 7.08. The molecular formula is C17H22N4O3. The number of carboxylic acids is 1. The molecule has 1 aromatic heterocycles. The molecule has 2 aliphatic carbocycles. The molecule has 1 aliphatic heterocycles. The zero-order chi connectivity index (χ0) is 16.7. The van der Waals surface area contributed by atoms with E-state index in [4.69, 9.17) is 0 Å². The number of piperazine rings is 1. The van der Waals surface area contributed by atoms with Crippen LogP contribution in [-0.4, -0.2) is 58.0 Å². The molecular weight excluding hydrogens is 308 g/mol. The minimum absolute atomic E-state index is 0.0447. The first-order valence-corrected chi connectivity index (χ1v) is 8.68. The number of anilines is 1. The van der Waals surface area contributed by atoms with Gasteiger partial charge in [0, 0.05) is 38.6 Å². The Balaban J connectivity index is 1.42. The molecule has 3 fully saturated rings. The molecule has 0 aromatic carbocycles. The van der Waals surface area contributed by atoms with Crippen molar-refractivity contribution in [3.8, 4) is 0 Å². The van der Waals surface area contributed by atoms with Crippen molar-refractivity contribution in [3.63, 3.8) is 0 Å². The van der Waals surface area contributed by atoms with Gasteiger partial charge < -0.3 is 14.9 Å². The monoisotopic (exact) mass is 330 g/mol. The molecule has 7 heteroatoms. The minimum atomic E-state index is -0.795. The number of hydrogen-bond acceptors (Lipinski definition) is 5. The van der Waals surface area contributed by atoms with Gasteiger partial charge >= 0.3 is 5.97 Å². The Morgan fingerprint density at radius 1 is 1.00 bits per heavy atom. The molecule has 0 unspecified atom stereocenters. The lowest BCUT2D eigenvalue weighted by atomic mass is 9.78. The highest BCUT2D eigenvalue weighted by Crippen LogP contribution is 2.53. The van der Waals surface area contributed by atoms with Crippen LogP contribution in [0.4, 0.5) is 5.95 Å². The number of hydrogen-bond donors (Lipinski definition) is 1. The van der Waals surface area contributed by atoms with Crippen LogP contribution in [-0.2, 0) is 9.59 Å². The predicted octanol–water partition coefficient (Wildman–Crippen LogP) is 0.872. The van der Waals surface area contributed by atoms with Gasteiger partial charge in [-0.2, -0.15) is 0 Å². The summed E-state index contributed by atoms with van der Waals surface area (Å²) in [6, 6.07) is 1.78. The van der Waals surface area contributed by atoms with Crippen LogP contribution in [0.5, 0.6) is 0 Å². The smallest absolute Gasteiger partial charge is 0.307 e. The van der Waals surface area contributed by atoms with Crippen molar-refractivity contribution in [2.24, 2.45) is 23.7 Å². The summed E-state index contributed by atoms with van der Waals surface area (Å²) in [7, 11) is 0. The Hall–Kier alpha value is -2.18. The van der Waals surface area contributed by atoms with Gasteiger partial charge in [-0.1, -0.05) is 0 Å². The molecule has 128 valence electrons. The van der Waals surface area contributed by atoms with E-state index in [2.05, 4.69) is 14.9 Å². The molecule has 0 radical (unpaired) electrons. The molecule has 1 saturated heterocycles. The Morgan fingerprint density at radius 3 is 2.25 bits per heavy atom. The van der Waals surface area contributed by atoms with Crippen molar-refractivity contribution in [3.05, 3.63) is 18.5 Å². The molecule has 1 aromatic rings. The van der Waals surface area contributed by atoms with Crippen molar-refractivity contribution >= 4 is 17.8 Å². The normalized spacial score (nSPS) is 32.2. The maximum Gasteiger partial charge on any atom is 0.307 e. The maximum absolute atomic E-state index is 13.0. The standard InChI is InChI=1S/C17H22N4O3/c22-15(13-11-2-3-12(10-11)14(13)16(23)24)20-6-8-21(9-7-20)17-18-4-1-5-19-17/h1,4-5,11-14H,2-3,6-10H2,(H,23,24)/t11-,12+,13-,14-/m0/s1. The summed E-state index contributed by atoms with van der Waals surface area (Å²) >= 11 is 0. The first kappa shape index (κ1) is 15.4. The number of carbonyl (C=O) groups excluding carboxylic acids is 1. The van der Waals surface area contributed by atoms with Crippen molar-refractivity contribution in [1.82, 2.24) is 14.9 Å². The van der Waals surface area contributed by atoms with Gasteiger partial charge in [0.15, 0.2) is 0 Å². The average molecular weight is 330 g/mol. The van der Waals surface area contributed by atoms with E-state index >= 15 is 0 Å². The van der Waals surface area contributed by atoms with Crippen molar-refractivity contribution < 1.29 is 14.7 Å². The van der Waals surface area contributed by atoms with Gasteiger partial charge in [-0.05, 0) is 37.2 Å². The molecule has 24 heavy (non-hydrogen) atoms. The largest absolute Gasteiger partial charge is 0.481 e. The number of carboxylic acid groups (broad SMARTS) is 1. The maximum atomic E-state index is 13.0. The van der Waals surface area contributed by atoms with Gasteiger partial charge in [0.25, 0.3) is 0 Å². The van der Waals surface area contributed by atoms with Crippen LogP contribution >= 0.6 is 0 Å². The molecule has 2 heterocycles. The molecule has 7 nitrogen and oxygen atoms in total. The van der Waals surface area contributed by atoms with E-state index in [1.165, 1.54) is 0 Å². The molecule has 4 atom stereocenters. The van der Waals surface area contributed by atoms with Crippen LogP contribution in [0.15, 0.2) is 18.5 Å². The highest BCUT2D eigenvalue weighted by Gasteiger charge is 2.54. The predicted molar refractivity (Wildman–Crippen MR) is 86.3 cm³/mol. The molecule has 3 aliphatic rings. The summed E-state index contributed by atoms with van der Waals surface area (Å²) in [5.74, 6) is -0.403. The van der Waals surface area contributed by atoms with E-state index in [-0.39, 0.29) is 23.7 Å². The Labute approximate surface area is 140 Å². The molecule has 1 amide bonds. The molecule has 4 rings (SSSR count). The zero-order valence-electron chi connectivity index (χ0n) is 13.5. The van der Waals surface area contributed by atoms with E-state index in [9.17, 15) is 14.7 Å². The second kappa shape index (κ2) is 6.03. The zero-order valence-corrected chi connectivity index (χ0v) is 13.5. The number of amides is 1. The fraction of sp³-hybridized carbons (Fsp3) is 0.647. The fourth-order valence-electron chi connectivity index (χ4n) is 4.79. The number of carbonyl (C=O) groups is 2. The third-order valence-corrected chi connectivity index (χ3v) is 5.91. The number of aliphatic carboxylic acids is 1. The number of nitrogens with zero attached hydrogens (tertiary/aromatic N) is 4. The number of rotatable bonds is 3. The Bertz CT molecular complexity index is 630. The van der Waals surface area contributed by atoms with E-state index in [1.54, 1.807) is 18.5 Å². The summed E-state index contributed by atoms with van der Waals surface area (Å²) in [6.07, 6.45) is 6.30. The lowest BCUT2D eigenvalue weighted by molar-refractivity contribution is -0.153. The van der Waals surface area contributed by atoms with Crippen LogP contribution < -0.4 is 4.90 Å². The molecule has 2 bridgehead atoms. The Kier molecular flexibility index (Phi) is 3.86. The van der Waals surface area contributed by atoms with Gasteiger partial charge in [-0.3, -0.25) is 9.59 Å². The van der Waals surface area contributed by atoms with Crippen molar-refractivity contribution in [1.29, 1.82) is 0 Å². The van der Waals surface area contributed by atoms with Crippen molar-refractivity contribution in [2.75, 3.05) is 31.1 Å². The van der Waals surface area contributed by atoms with E-state index in [0.29, 0.717) is 32.1 Å². The first-order chi connectivity index (χ1) is 11.6. The summed E-state index contributed by atoms with van der Waals surface area (Å²) in [5, 5.41) is 9.55. The molecule has 2 saturated carbocycles. The van der Waals surface area contributed by atoms with E-state index < -0.39 is 11.9 Å². The van der Waals surface area contributed by atoms with Gasteiger partial charge in [-0.25, -0.2) is 9.97 Å². The highest BCUT2D eigenvalue weighted by atomic mass is 16.4. The van der Waals surface area contributed by atoms with Crippen LogP contribution in [0.25, 0.3) is 0 Å². The average Bonchev–Trinajstić information content (AvgIpc) is 3.23. The van der Waals surface area contributed by atoms with Gasteiger partial charge in [0.05, 0.1) is 11.8 Å². The topological polar surface area (TPSA) is 86.6 Å². The molecule has 0 spiro atoms. The van der Waals surface area contributed by atoms with Crippen LogP contribution in [0.3, 0.4) is 0 Å². The number of fused-ring (bicyclic) bond motifs is 2. The SMILES string of the molecule is O=C(O)[C@H]1[C@@H]2CC[C@@H](C2)[C@@H]1C(=O)N1CCN(c2ncccn2)CC1. The summed E-state index contributed by atoms with van der Waals surface area (Å²) in [5.41, 5.74) is 0. The third-order valence-electron chi connectivity index (χ3n) is 5.91. The minimum Gasteiger partial charge on any atom is -0.481 e. The summed E-state index contributed by atoms with van der Waals surface area (Å²) in [4.78, 5) is 37.0. The molecule has 1 N–H and O–H groups in total. The van der Waals surface area contributed by atoms with Crippen LogP contribution in [0, 0.1) is 23.7 Å². The van der Waals surface area contributed by atoms with Crippen molar-refractivity contribution in [2.45, 2.75) is 19.3 Å². The highest BCUT2D eigenvalue weighted by molar-refractivity contribution is 5.86. The fourth-order valence-corrected chi connectivity index (χ4v) is 4.79. The lowest BCUT2D eigenvalue weighted by Gasteiger charge is -2.38. The summed E-state index contributed by atoms with van der Waals surface area (Å²) in [6.45, 7) is 2.59. The van der Waals surface area contributed by atoms with Gasteiger partial charge in [0.1, 0.15) is 0 Å². The lowest BCUT2D eigenvalue weighted by Crippen LogP contribution is -2.52. The van der Waals surface area contributed by atoms with E-state index in [1.807, 2.05) is 4.90 Å². The van der Waals surface area contributed by atoms with E-state index in [0.717, 1.165) is 19.3 Å². The first-order valence-electron chi connectivity index (χ1n) is 8.68.